The summed E-state index contributed by atoms with van der Waals surface area (Å²) in [4.78, 5) is 12.1. The van der Waals surface area contributed by atoms with Gasteiger partial charge < -0.3 is 15.2 Å². The number of carbonyl (C=O) groups excluding carboxylic acids is 1. The fourth-order valence-corrected chi connectivity index (χ4v) is 2.02. The Morgan fingerprint density at radius 3 is 2.78 bits per heavy atom. The number of rotatable bonds is 5. The smallest absolute Gasteiger partial charge is 0.255 e. The number of methoxy groups -OCH3 is 1. The normalized spacial score (nSPS) is 12.1. The third-order valence-electron chi connectivity index (χ3n) is 2.54. The van der Waals surface area contributed by atoms with Gasteiger partial charge in [0, 0.05) is 3.57 Å². The number of ether oxygens (including phenoxy) is 1. The quantitative estimate of drug-likeness (QED) is 0.768. The van der Waals surface area contributed by atoms with Crippen LogP contribution in [0.25, 0.3) is 0 Å². The first kappa shape index (κ1) is 15.5. The average molecular weight is 384 g/mol. The van der Waals surface area contributed by atoms with Gasteiger partial charge in [-0.1, -0.05) is 18.5 Å². The SMILES string of the molecule is CC[C@H](CO)NC(=O)c1cc(Cl)c(I)cc1OC. The van der Waals surface area contributed by atoms with Crippen LogP contribution in [0.2, 0.25) is 5.02 Å². The van der Waals surface area contributed by atoms with Crippen LogP contribution in [0.3, 0.4) is 0 Å². The van der Waals surface area contributed by atoms with E-state index in [2.05, 4.69) is 27.9 Å². The predicted molar refractivity (Wildman–Crippen MR) is 79.4 cm³/mol. The molecule has 1 aromatic rings. The van der Waals surface area contributed by atoms with Crippen molar-refractivity contribution >= 4 is 40.1 Å². The zero-order valence-corrected chi connectivity index (χ0v) is 13.1. The van der Waals surface area contributed by atoms with E-state index in [0.29, 0.717) is 22.8 Å². The van der Waals surface area contributed by atoms with Crippen LogP contribution in [0.1, 0.15) is 23.7 Å². The molecule has 4 nitrogen and oxygen atoms in total. The number of carbonyl (C=O) groups is 1. The minimum Gasteiger partial charge on any atom is -0.496 e. The van der Waals surface area contributed by atoms with Crippen LogP contribution in [0.15, 0.2) is 12.1 Å². The van der Waals surface area contributed by atoms with E-state index >= 15 is 0 Å². The summed E-state index contributed by atoms with van der Waals surface area (Å²) in [5.41, 5.74) is 0.370. The van der Waals surface area contributed by atoms with Crippen LogP contribution in [0.5, 0.6) is 5.75 Å². The van der Waals surface area contributed by atoms with Crippen LogP contribution < -0.4 is 10.1 Å². The number of halogens is 2. The van der Waals surface area contributed by atoms with E-state index in [1.165, 1.54) is 7.11 Å². The number of hydrogen-bond donors (Lipinski definition) is 2. The van der Waals surface area contributed by atoms with Crippen LogP contribution in [-0.4, -0.2) is 30.8 Å². The molecule has 0 saturated heterocycles. The lowest BCUT2D eigenvalue weighted by Gasteiger charge is -2.16. The molecule has 0 aromatic heterocycles. The molecular formula is C12H15ClINO3. The Hall–Kier alpha value is -0.530. The van der Waals surface area contributed by atoms with Gasteiger partial charge in [0.15, 0.2) is 0 Å². The summed E-state index contributed by atoms with van der Waals surface area (Å²) in [5, 5.41) is 12.3. The zero-order chi connectivity index (χ0) is 13.7. The van der Waals surface area contributed by atoms with E-state index in [1.54, 1.807) is 12.1 Å². The van der Waals surface area contributed by atoms with Gasteiger partial charge in [0.1, 0.15) is 5.75 Å². The molecule has 1 aromatic carbocycles. The Balaban J connectivity index is 3.01. The van der Waals surface area contributed by atoms with E-state index in [4.69, 9.17) is 21.4 Å². The molecule has 0 saturated carbocycles. The van der Waals surface area contributed by atoms with Crippen molar-refractivity contribution in [2.45, 2.75) is 19.4 Å². The minimum absolute atomic E-state index is 0.0946. The van der Waals surface area contributed by atoms with Crippen molar-refractivity contribution in [3.63, 3.8) is 0 Å². The molecule has 1 amide bonds. The highest BCUT2D eigenvalue weighted by molar-refractivity contribution is 14.1. The van der Waals surface area contributed by atoms with Gasteiger partial charge >= 0.3 is 0 Å². The van der Waals surface area contributed by atoms with Crippen molar-refractivity contribution in [1.82, 2.24) is 5.32 Å². The number of nitrogens with one attached hydrogen (secondary N) is 1. The second-order valence-electron chi connectivity index (χ2n) is 3.73. The zero-order valence-electron chi connectivity index (χ0n) is 10.2. The van der Waals surface area contributed by atoms with Gasteiger partial charge in [0.05, 0.1) is 30.3 Å². The Kier molecular flexibility index (Phi) is 6.17. The first-order valence-electron chi connectivity index (χ1n) is 5.48. The summed E-state index contributed by atoms with van der Waals surface area (Å²) in [5.74, 6) is 0.167. The maximum Gasteiger partial charge on any atom is 0.255 e. The largest absolute Gasteiger partial charge is 0.496 e. The molecule has 1 atom stereocenters. The third-order valence-corrected chi connectivity index (χ3v) is 4.06. The summed E-state index contributed by atoms with van der Waals surface area (Å²) >= 11 is 8.07. The molecule has 0 spiro atoms. The molecule has 18 heavy (non-hydrogen) atoms. The second kappa shape index (κ2) is 7.16. The molecule has 0 aliphatic carbocycles. The van der Waals surface area contributed by atoms with Gasteiger partial charge in [-0.05, 0) is 41.1 Å². The third kappa shape index (κ3) is 3.73. The molecule has 1 rings (SSSR count). The van der Waals surface area contributed by atoms with Crippen LogP contribution in [0, 0.1) is 3.57 Å². The van der Waals surface area contributed by atoms with Gasteiger partial charge in [0.25, 0.3) is 5.91 Å². The molecule has 6 heteroatoms. The van der Waals surface area contributed by atoms with E-state index < -0.39 is 0 Å². The van der Waals surface area contributed by atoms with E-state index in [9.17, 15) is 4.79 Å². The van der Waals surface area contributed by atoms with Crippen molar-refractivity contribution in [2.75, 3.05) is 13.7 Å². The second-order valence-corrected chi connectivity index (χ2v) is 5.30. The van der Waals surface area contributed by atoms with Gasteiger partial charge in [-0.2, -0.15) is 0 Å². The maximum atomic E-state index is 12.1. The molecule has 0 unspecified atom stereocenters. The number of benzene rings is 1. The monoisotopic (exact) mass is 383 g/mol. The molecule has 0 radical (unpaired) electrons. The molecule has 0 aliphatic heterocycles. The lowest BCUT2D eigenvalue weighted by atomic mass is 10.1. The maximum absolute atomic E-state index is 12.1. The molecule has 0 heterocycles. The van der Waals surface area contributed by atoms with Gasteiger partial charge in [-0.3, -0.25) is 4.79 Å². The summed E-state index contributed by atoms with van der Waals surface area (Å²) in [6.45, 7) is 1.79. The lowest BCUT2D eigenvalue weighted by Crippen LogP contribution is -2.37. The summed E-state index contributed by atoms with van der Waals surface area (Å²) < 4.78 is 5.98. The highest BCUT2D eigenvalue weighted by atomic mass is 127. The van der Waals surface area contributed by atoms with Crippen LogP contribution in [0.4, 0.5) is 0 Å². The molecule has 0 fully saturated rings. The molecule has 0 bridgehead atoms. The number of amides is 1. The highest BCUT2D eigenvalue weighted by Crippen LogP contribution is 2.28. The molecular weight excluding hydrogens is 368 g/mol. The van der Waals surface area contributed by atoms with Crippen molar-refractivity contribution in [1.29, 1.82) is 0 Å². The van der Waals surface area contributed by atoms with Gasteiger partial charge in [-0.15, -0.1) is 0 Å². The first-order valence-corrected chi connectivity index (χ1v) is 6.93. The average Bonchev–Trinajstić information content (AvgIpc) is 2.38. The highest BCUT2D eigenvalue weighted by Gasteiger charge is 2.17. The van der Waals surface area contributed by atoms with Crippen LogP contribution in [-0.2, 0) is 0 Å². The predicted octanol–water partition coefficient (Wildman–Crippen LogP) is 2.45. The van der Waals surface area contributed by atoms with E-state index in [-0.39, 0.29) is 18.6 Å². The summed E-state index contributed by atoms with van der Waals surface area (Å²) in [7, 11) is 1.50. The van der Waals surface area contributed by atoms with Crippen molar-refractivity contribution in [3.05, 3.63) is 26.3 Å². The molecule has 2 N–H and O–H groups in total. The number of aliphatic hydroxyl groups is 1. The Bertz CT molecular complexity index is 436. The number of hydrogen-bond acceptors (Lipinski definition) is 3. The summed E-state index contributed by atoms with van der Waals surface area (Å²) in [6, 6.07) is 3.01. The number of aliphatic hydroxyl groups excluding tert-OH is 1. The Labute approximate surface area is 125 Å². The first-order chi connectivity index (χ1) is 8.53. The fourth-order valence-electron chi connectivity index (χ4n) is 1.41. The molecule has 100 valence electrons. The van der Waals surface area contributed by atoms with E-state index in [1.807, 2.05) is 6.92 Å². The minimum atomic E-state index is -0.300. The standard InChI is InChI=1S/C12H15ClINO3/c1-3-7(6-16)15-12(17)8-4-9(13)10(14)5-11(8)18-2/h4-5,7,16H,3,6H2,1-2H3,(H,15,17)/t7-/m1/s1. The van der Waals surface area contributed by atoms with E-state index in [0.717, 1.165) is 3.57 Å². The van der Waals surface area contributed by atoms with Crippen molar-refractivity contribution < 1.29 is 14.6 Å². The molecule has 0 aliphatic rings. The Morgan fingerprint density at radius 1 is 1.61 bits per heavy atom. The van der Waals surface area contributed by atoms with Crippen molar-refractivity contribution in [2.24, 2.45) is 0 Å². The van der Waals surface area contributed by atoms with Gasteiger partial charge in [-0.25, -0.2) is 0 Å². The van der Waals surface area contributed by atoms with Gasteiger partial charge in [0.2, 0.25) is 0 Å². The topological polar surface area (TPSA) is 58.6 Å². The fraction of sp³-hybridized carbons (Fsp3) is 0.417. The Morgan fingerprint density at radius 2 is 2.28 bits per heavy atom. The van der Waals surface area contributed by atoms with Crippen LogP contribution >= 0.6 is 34.2 Å². The summed E-state index contributed by atoms with van der Waals surface area (Å²) in [6.07, 6.45) is 0.655. The lowest BCUT2D eigenvalue weighted by molar-refractivity contribution is 0.0912. The van der Waals surface area contributed by atoms with Crippen molar-refractivity contribution in [3.8, 4) is 5.75 Å².